The Hall–Kier alpha value is -2.87. The quantitative estimate of drug-likeness (QED) is 0.496. The van der Waals surface area contributed by atoms with Crippen LogP contribution in [0.1, 0.15) is 55.1 Å². The third-order valence-electron chi connectivity index (χ3n) is 5.64. The van der Waals surface area contributed by atoms with Gasteiger partial charge < -0.3 is 14.6 Å². The highest BCUT2D eigenvalue weighted by atomic mass is 35.5. The number of halogens is 2. The summed E-state index contributed by atoms with van der Waals surface area (Å²) in [5.41, 5.74) is 2.36. The predicted octanol–water partition coefficient (Wildman–Crippen LogP) is 4.38. The molecule has 3 aromatic heterocycles. The topological polar surface area (TPSA) is 83.5 Å². The van der Waals surface area contributed by atoms with Gasteiger partial charge >= 0.3 is 0 Å². The van der Waals surface area contributed by atoms with E-state index in [-0.39, 0.29) is 11.7 Å². The van der Waals surface area contributed by atoms with Gasteiger partial charge in [0.2, 0.25) is 0 Å². The van der Waals surface area contributed by atoms with Crippen LogP contribution >= 0.6 is 11.6 Å². The Morgan fingerprint density at radius 3 is 2.61 bits per heavy atom. The molecule has 0 radical (unpaired) electrons. The number of aromatic nitrogens is 4. The molecule has 1 aromatic carbocycles. The molecule has 0 spiro atoms. The molecular formula is C23H20ClFN4O2. The molecule has 0 amide bonds. The molecule has 2 N–H and O–H groups in total. The fourth-order valence-electron chi connectivity index (χ4n) is 4.15. The first-order valence-corrected chi connectivity index (χ1v) is 10.3. The Bertz CT molecular complexity index is 1300. The van der Waals surface area contributed by atoms with Crippen LogP contribution in [0.25, 0.3) is 16.8 Å². The predicted molar refractivity (Wildman–Crippen MR) is 114 cm³/mol. The number of imidazole rings is 1. The van der Waals surface area contributed by atoms with Gasteiger partial charge in [-0.25, -0.2) is 19.3 Å². The average molecular weight is 439 g/mol. The summed E-state index contributed by atoms with van der Waals surface area (Å²) in [6.07, 6.45) is 4.39. The molecule has 0 bridgehead atoms. The first-order valence-electron chi connectivity index (χ1n) is 9.92. The van der Waals surface area contributed by atoms with E-state index in [1.54, 1.807) is 26.1 Å². The van der Waals surface area contributed by atoms with E-state index in [0.717, 1.165) is 11.3 Å². The van der Waals surface area contributed by atoms with E-state index in [1.807, 2.05) is 22.6 Å². The molecule has 0 fully saturated rings. The van der Waals surface area contributed by atoms with Crippen molar-refractivity contribution in [1.29, 1.82) is 0 Å². The minimum absolute atomic E-state index is 0.120. The Morgan fingerprint density at radius 2 is 1.94 bits per heavy atom. The van der Waals surface area contributed by atoms with Crippen molar-refractivity contribution in [1.82, 2.24) is 19.4 Å². The molecule has 1 aliphatic rings. The van der Waals surface area contributed by atoms with Crippen LogP contribution in [-0.4, -0.2) is 29.6 Å². The number of hydrogen-bond donors (Lipinski definition) is 2. The Balaban J connectivity index is 1.65. The van der Waals surface area contributed by atoms with Crippen molar-refractivity contribution in [3.05, 3.63) is 82.5 Å². The lowest BCUT2D eigenvalue weighted by molar-refractivity contribution is 0.0687. The normalized spacial score (nSPS) is 18.5. The van der Waals surface area contributed by atoms with Gasteiger partial charge in [0.25, 0.3) is 0 Å². The number of rotatable bonds is 3. The largest absolute Gasteiger partial charge is 0.387 e. The van der Waals surface area contributed by atoms with Crippen molar-refractivity contribution >= 4 is 17.2 Å². The summed E-state index contributed by atoms with van der Waals surface area (Å²) < 4.78 is 16.8. The van der Waals surface area contributed by atoms with Gasteiger partial charge in [-0.2, -0.15) is 0 Å². The highest BCUT2D eigenvalue weighted by Gasteiger charge is 2.36. The first kappa shape index (κ1) is 20.1. The maximum absolute atomic E-state index is 14.9. The molecule has 31 heavy (non-hydrogen) atoms. The second-order valence-corrected chi connectivity index (χ2v) is 8.80. The molecule has 0 unspecified atom stereocenters. The number of aliphatic hydroxyl groups is 2. The summed E-state index contributed by atoms with van der Waals surface area (Å²) in [6, 6.07) is 8.86. The minimum Gasteiger partial charge on any atom is -0.387 e. The van der Waals surface area contributed by atoms with Gasteiger partial charge in [-0.3, -0.25) is 0 Å². The van der Waals surface area contributed by atoms with E-state index >= 15 is 0 Å². The van der Waals surface area contributed by atoms with E-state index < -0.39 is 17.5 Å². The molecule has 5 rings (SSSR count). The van der Waals surface area contributed by atoms with Gasteiger partial charge in [0.05, 0.1) is 17.5 Å². The van der Waals surface area contributed by atoms with Crippen LogP contribution in [-0.2, 0) is 5.60 Å². The molecule has 0 saturated carbocycles. The van der Waals surface area contributed by atoms with Crippen molar-refractivity contribution in [3.63, 3.8) is 0 Å². The Labute approximate surface area is 183 Å². The molecule has 1 aliphatic carbocycles. The fraction of sp³-hybridized carbons (Fsp3) is 0.261. The summed E-state index contributed by atoms with van der Waals surface area (Å²) in [5.74, 6) is -0.333. The summed E-state index contributed by atoms with van der Waals surface area (Å²) >= 11 is 6.18. The molecule has 8 heteroatoms. The Morgan fingerprint density at radius 1 is 1.19 bits per heavy atom. The number of benzene rings is 1. The van der Waals surface area contributed by atoms with Gasteiger partial charge in [0.15, 0.2) is 5.82 Å². The molecule has 2 atom stereocenters. The smallest absolute Gasteiger partial charge is 0.159 e. The van der Waals surface area contributed by atoms with Crippen LogP contribution in [0.3, 0.4) is 0 Å². The van der Waals surface area contributed by atoms with Crippen LogP contribution in [0, 0.1) is 5.82 Å². The van der Waals surface area contributed by atoms with Gasteiger partial charge in [-0.15, -0.1) is 0 Å². The second kappa shape index (κ2) is 7.09. The minimum atomic E-state index is -1.19. The molecule has 0 aliphatic heterocycles. The molecule has 3 heterocycles. The number of aliphatic hydroxyl groups excluding tert-OH is 1. The van der Waals surface area contributed by atoms with Crippen LogP contribution in [0.15, 0.2) is 48.9 Å². The highest BCUT2D eigenvalue weighted by Crippen LogP contribution is 2.45. The van der Waals surface area contributed by atoms with Gasteiger partial charge in [-0.1, -0.05) is 23.7 Å². The number of nitrogens with zero attached hydrogens (tertiary/aromatic N) is 4. The van der Waals surface area contributed by atoms with Gasteiger partial charge in [0.1, 0.15) is 17.1 Å². The van der Waals surface area contributed by atoms with Gasteiger partial charge in [0, 0.05) is 46.7 Å². The monoisotopic (exact) mass is 438 g/mol. The summed E-state index contributed by atoms with van der Waals surface area (Å²) in [6.45, 7) is 3.18. The summed E-state index contributed by atoms with van der Waals surface area (Å²) in [5, 5.41) is 21.3. The lowest BCUT2D eigenvalue weighted by atomic mass is 9.96. The third-order valence-corrected chi connectivity index (χ3v) is 5.88. The zero-order chi connectivity index (χ0) is 21.9. The zero-order valence-electron chi connectivity index (χ0n) is 16.9. The van der Waals surface area contributed by atoms with E-state index in [9.17, 15) is 14.6 Å². The lowest BCUT2D eigenvalue weighted by Gasteiger charge is -2.16. The summed E-state index contributed by atoms with van der Waals surface area (Å²) in [7, 11) is 0. The molecule has 158 valence electrons. The van der Waals surface area contributed by atoms with Crippen molar-refractivity contribution in [3.8, 4) is 11.1 Å². The number of fused-ring (bicyclic) bond motifs is 3. The molecule has 4 aromatic rings. The highest BCUT2D eigenvalue weighted by molar-refractivity contribution is 6.30. The number of hydrogen-bond acceptors (Lipinski definition) is 5. The zero-order valence-corrected chi connectivity index (χ0v) is 17.7. The van der Waals surface area contributed by atoms with E-state index in [1.165, 1.54) is 18.5 Å². The van der Waals surface area contributed by atoms with Crippen LogP contribution in [0.5, 0.6) is 0 Å². The summed E-state index contributed by atoms with van der Waals surface area (Å²) in [4.78, 5) is 12.9. The third kappa shape index (κ3) is 3.39. The van der Waals surface area contributed by atoms with E-state index in [2.05, 4.69) is 15.0 Å². The number of pyridine rings is 1. The molecule has 6 nitrogen and oxygen atoms in total. The maximum Gasteiger partial charge on any atom is 0.159 e. The molecule has 0 saturated heterocycles. The van der Waals surface area contributed by atoms with Crippen molar-refractivity contribution < 1.29 is 14.6 Å². The van der Waals surface area contributed by atoms with Crippen molar-refractivity contribution in [2.24, 2.45) is 0 Å². The van der Waals surface area contributed by atoms with Crippen molar-refractivity contribution in [2.75, 3.05) is 0 Å². The molecular weight excluding hydrogens is 419 g/mol. The average Bonchev–Trinajstić information content (AvgIpc) is 3.24. The first-order chi connectivity index (χ1) is 14.7. The van der Waals surface area contributed by atoms with Crippen molar-refractivity contribution in [2.45, 2.75) is 37.9 Å². The maximum atomic E-state index is 14.9. The van der Waals surface area contributed by atoms with Gasteiger partial charge in [-0.05, 0) is 38.0 Å². The standard InChI is InChI=1S/C23H20ClFN4O2/c1-23(2,31)22-26-9-13(10-27-22)16-11-29-19(8-17(16)25)28-20-18(30)7-15(21(20)29)12-4-3-5-14(24)6-12/h3-6,8-11,15,18,30-31H,7H2,1-2H3/t15-,18-/m0/s1. The van der Waals surface area contributed by atoms with E-state index in [0.29, 0.717) is 33.9 Å². The van der Waals surface area contributed by atoms with Crippen LogP contribution in [0.4, 0.5) is 4.39 Å². The van der Waals surface area contributed by atoms with Crippen LogP contribution in [0.2, 0.25) is 5.02 Å². The SMILES string of the molecule is CC(C)(O)c1ncc(-c2cn3c4c(nc3cc2F)[C@@H](O)C[C@H]4c2cccc(Cl)c2)cn1. The van der Waals surface area contributed by atoms with Crippen LogP contribution < -0.4 is 0 Å². The second-order valence-electron chi connectivity index (χ2n) is 8.36. The van der Waals surface area contributed by atoms with E-state index in [4.69, 9.17) is 11.6 Å². The fourth-order valence-corrected chi connectivity index (χ4v) is 4.35. The Kier molecular flexibility index (Phi) is 4.58. The lowest BCUT2D eigenvalue weighted by Crippen LogP contribution is -2.19.